The fraction of sp³-hybridized carbons (Fsp3) is 0.250. The van der Waals surface area contributed by atoms with Crippen LogP contribution >= 0.6 is 23.6 Å². The molecule has 2 aromatic heterocycles. The summed E-state index contributed by atoms with van der Waals surface area (Å²) in [5.41, 5.74) is 6.46. The fourth-order valence-corrected chi connectivity index (χ4v) is 4.19. The van der Waals surface area contributed by atoms with Crippen molar-refractivity contribution in [3.05, 3.63) is 40.1 Å². The van der Waals surface area contributed by atoms with E-state index in [-0.39, 0.29) is 15.6 Å². The van der Waals surface area contributed by atoms with Crippen molar-refractivity contribution in [1.29, 1.82) is 0 Å². The van der Waals surface area contributed by atoms with Gasteiger partial charge in [-0.1, -0.05) is 12.2 Å². The molecule has 21 heavy (non-hydrogen) atoms. The smallest absolute Gasteiger partial charge is 0.243 e. The van der Waals surface area contributed by atoms with Crippen molar-refractivity contribution in [2.24, 2.45) is 5.73 Å². The first-order valence-electron chi connectivity index (χ1n) is 6.00. The third-order valence-corrected chi connectivity index (χ3v) is 5.54. The third-order valence-electron chi connectivity index (χ3n) is 2.63. The van der Waals surface area contributed by atoms with Crippen LogP contribution in [0.2, 0.25) is 0 Å². The van der Waals surface area contributed by atoms with Gasteiger partial charge in [0.15, 0.2) is 0 Å². The molecular weight excluding hydrogens is 328 g/mol. The highest BCUT2D eigenvalue weighted by molar-refractivity contribution is 7.89. The molecule has 6 nitrogen and oxygen atoms in total. The Labute approximate surface area is 132 Å². The molecule has 0 saturated carbocycles. The van der Waals surface area contributed by atoms with Gasteiger partial charge in [-0.25, -0.2) is 18.1 Å². The van der Waals surface area contributed by atoms with Gasteiger partial charge in [0, 0.05) is 17.3 Å². The normalized spacial score (nSPS) is 13.0. The van der Waals surface area contributed by atoms with Crippen molar-refractivity contribution in [2.75, 3.05) is 0 Å². The van der Waals surface area contributed by atoms with Gasteiger partial charge in [-0.15, -0.1) is 11.3 Å². The lowest BCUT2D eigenvalue weighted by Gasteiger charge is -2.13. The summed E-state index contributed by atoms with van der Waals surface area (Å²) in [5, 5.41) is 2.56. The molecule has 0 aliphatic rings. The van der Waals surface area contributed by atoms with E-state index in [2.05, 4.69) is 14.7 Å². The van der Waals surface area contributed by atoms with Gasteiger partial charge in [-0.2, -0.15) is 0 Å². The van der Waals surface area contributed by atoms with E-state index in [0.29, 0.717) is 5.01 Å². The van der Waals surface area contributed by atoms with Gasteiger partial charge < -0.3 is 5.73 Å². The number of nitrogens with two attached hydrogens (primary N) is 1. The van der Waals surface area contributed by atoms with Crippen LogP contribution < -0.4 is 10.5 Å². The molecule has 9 heteroatoms. The maximum atomic E-state index is 12.5. The predicted octanol–water partition coefficient (Wildman–Crippen LogP) is 1.52. The zero-order valence-electron chi connectivity index (χ0n) is 11.4. The Morgan fingerprint density at radius 2 is 2.24 bits per heavy atom. The highest BCUT2D eigenvalue weighted by Gasteiger charge is 2.24. The zero-order valence-corrected chi connectivity index (χ0v) is 13.8. The first-order chi connectivity index (χ1) is 9.81. The lowest BCUT2D eigenvalue weighted by molar-refractivity contribution is 0.565. The number of sulfonamides is 1. The lowest BCUT2D eigenvalue weighted by Crippen LogP contribution is -2.29. The van der Waals surface area contributed by atoms with Crippen LogP contribution in [0.15, 0.2) is 28.6 Å². The number of thiazole rings is 1. The van der Waals surface area contributed by atoms with Crippen LogP contribution in [0, 0.1) is 6.92 Å². The second kappa shape index (κ2) is 6.14. The summed E-state index contributed by atoms with van der Waals surface area (Å²) >= 11 is 6.24. The number of nitrogens with zero attached hydrogens (tertiary/aromatic N) is 2. The van der Waals surface area contributed by atoms with Crippen LogP contribution in [0.4, 0.5) is 0 Å². The summed E-state index contributed by atoms with van der Waals surface area (Å²) in [6, 6.07) is 2.49. The predicted molar refractivity (Wildman–Crippen MR) is 85.7 cm³/mol. The van der Waals surface area contributed by atoms with Gasteiger partial charge in [-0.05, 0) is 26.0 Å². The molecule has 0 amide bonds. The minimum absolute atomic E-state index is 0.0300. The maximum absolute atomic E-state index is 12.5. The minimum Gasteiger partial charge on any atom is -0.388 e. The van der Waals surface area contributed by atoms with E-state index in [0.717, 1.165) is 5.69 Å². The molecule has 0 aromatic carbocycles. The second-order valence-corrected chi connectivity index (χ2v) is 7.40. The van der Waals surface area contributed by atoms with Crippen molar-refractivity contribution in [3.63, 3.8) is 0 Å². The fourth-order valence-electron chi connectivity index (χ4n) is 1.71. The summed E-state index contributed by atoms with van der Waals surface area (Å²) in [6.45, 7) is 3.58. The summed E-state index contributed by atoms with van der Waals surface area (Å²) in [6.07, 6.45) is 1.45. The molecule has 112 valence electrons. The van der Waals surface area contributed by atoms with Crippen LogP contribution in [0.5, 0.6) is 0 Å². The van der Waals surface area contributed by atoms with E-state index in [1.807, 2.05) is 12.3 Å². The van der Waals surface area contributed by atoms with Crippen LogP contribution in [0.3, 0.4) is 0 Å². The molecular formula is C12H14N4O2S3. The number of pyridine rings is 1. The number of hydrogen-bond donors (Lipinski definition) is 2. The first kappa shape index (κ1) is 16.0. The van der Waals surface area contributed by atoms with E-state index in [1.165, 1.54) is 29.7 Å². The largest absolute Gasteiger partial charge is 0.388 e. The number of aryl methyl sites for hydroxylation is 1. The molecule has 1 atom stereocenters. The summed E-state index contributed by atoms with van der Waals surface area (Å²) in [5.74, 6) is 0. The molecule has 0 radical (unpaired) electrons. The van der Waals surface area contributed by atoms with Crippen molar-refractivity contribution in [3.8, 4) is 0 Å². The number of rotatable bonds is 5. The van der Waals surface area contributed by atoms with Crippen LogP contribution in [-0.2, 0) is 10.0 Å². The molecule has 2 aromatic rings. The Morgan fingerprint density at radius 3 is 2.81 bits per heavy atom. The number of aromatic nitrogens is 2. The SMILES string of the molecule is Cc1csc(C(C)NS(=O)(=O)c2cccnc2C(N)=S)n1. The van der Waals surface area contributed by atoms with Gasteiger partial charge in [0.05, 0.1) is 6.04 Å². The topological polar surface area (TPSA) is 98.0 Å². The van der Waals surface area contributed by atoms with Crippen molar-refractivity contribution in [1.82, 2.24) is 14.7 Å². The summed E-state index contributed by atoms with van der Waals surface area (Å²) in [4.78, 5) is 8.11. The second-order valence-electron chi connectivity index (χ2n) is 4.38. The molecule has 3 N–H and O–H groups in total. The van der Waals surface area contributed by atoms with Gasteiger partial charge in [0.2, 0.25) is 10.0 Å². The molecule has 2 rings (SSSR count). The van der Waals surface area contributed by atoms with E-state index in [9.17, 15) is 8.42 Å². The van der Waals surface area contributed by atoms with E-state index < -0.39 is 16.1 Å². The molecule has 0 spiro atoms. The van der Waals surface area contributed by atoms with E-state index in [1.54, 1.807) is 6.92 Å². The van der Waals surface area contributed by atoms with Crippen molar-refractivity contribution < 1.29 is 8.42 Å². The van der Waals surface area contributed by atoms with Gasteiger partial charge in [0.1, 0.15) is 20.6 Å². The average Bonchev–Trinajstić information content (AvgIpc) is 2.85. The molecule has 1 unspecified atom stereocenters. The van der Waals surface area contributed by atoms with Gasteiger partial charge in [0.25, 0.3) is 0 Å². The Morgan fingerprint density at radius 1 is 1.52 bits per heavy atom. The standard InChI is InChI=1S/C12H14N4O2S3/c1-7-6-20-12(15-7)8(2)16-21(17,18)9-4-3-5-14-10(9)11(13)19/h3-6,8,16H,1-2H3,(H2,13,19). The quantitative estimate of drug-likeness (QED) is 0.800. The molecule has 2 heterocycles. The number of nitrogens with one attached hydrogen (secondary N) is 1. The van der Waals surface area contributed by atoms with Crippen LogP contribution in [-0.4, -0.2) is 23.4 Å². The summed E-state index contributed by atoms with van der Waals surface area (Å²) in [7, 11) is -3.79. The Bertz CT molecular complexity index is 770. The molecule has 0 fully saturated rings. The number of thiocarbonyl (C=S) groups is 1. The van der Waals surface area contributed by atoms with Crippen LogP contribution in [0.1, 0.15) is 29.4 Å². The lowest BCUT2D eigenvalue weighted by atomic mass is 10.3. The van der Waals surface area contributed by atoms with Crippen molar-refractivity contribution in [2.45, 2.75) is 24.8 Å². The molecule has 0 saturated heterocycles. The Hall–Kier alpha value is -1.42. The first-order valence-corrected chi connectivity index (χ1v) is 8.77. The van der Waals surface area contributed by atoms with E-state index in [4.69, 9.17) is 18.0 Å². The highest BCUT2D eigenvalue weighted by atomic mass is 32.2. The van der Waals surface area contributed by atoms with Crippen molar-refractivity contribution >= 4 is 38.6 Å². The highest BCUT2D eigenvalue weighted by Crippen LogP contribution is 2.21. The molecule has 0 aliphatic carbocycles. The van der Waals surface area contributed by atoms with Gasteiger partial charge >= 0.3 is 0 Å². The maximum Gasteiger partial charge on any atom is 0.243 e. The zero-order chi connectivity index (χ0) is 15.6. The molecule has 0 bridgehead atoms. The van der Waals surface area contributed by atoms with Gasteiger partial charge in [-0.3, -0.25) is 4.98 Å². The average molecular weight is 342 g/mol. The number of hydrogen-bond acceptors (Lipinski definition) is 6. The monoisotopic (exact) mass is 342 g/mol. The Kier molecular flexibility index (Phi) is 4.67. The third kappa shape index (κ3) is 3.62. The van der Waals surface area contributed by atoms with E-state index >= 15 is 0 Å². The van der Waals surface area contributed by atoms with Crippen LogP contribution in [0.25, 0.3) is 0 Å². The minimum atomic E-state index is -3.79. The summed E-state index contributed by atoms with van der Waals surface area (Å²) < 4.78 is 27.5. The molecule has 0 aliphatic heterocycles. The Balaban J connectivity index is 2.33.